The summed E-state index contributed by atoms with van der Waals surface area (Å²) in [5.41, 5.74) is 4.09. The van der Waals surface area contributed by atoms with Gasteiger partial charge in [-0.1, -0.05) is 0 Å². The number of amides is 1. The lowest BCUT2D eigenvalue weighted by Gasteiger charge is -2.30. The number of carbonyl (C=O) groups is 1. The minimum absolute atomic E-state index is 0.0175. The molecule has 1 atom stereocenters. The molecule has 20 heavy (non-hydrogen) atoms. The van der Waals surface area contributed by atoms with Gasteiger partial charge in [-0.2, -0.15) is 0 Å². The van der Waals surface area contributed by atoms with Gasteiger partial charge < -0.3 is 15.0 Å². The number of aromatic amines is 1. The maximum Gasteiger partial charge on any atom is 0.253 e. The van der Waals surface area contributed by atoms with Crippen LogP contribution in [0.2, 0.25) is 0 Å². The molecule has 0 radical (unpaired) electrons. The van der Waals surface area contributed by atoms with Crippen LogP contribution in [0.15, 0.2) is 18.2 Å². The Morgan fingerprint density at radius 1 is 1.40 bits per heavy atom. The van der Waals surface area contributed by atoms with Crippen molar-refractivity contribution < 1.29 is 9.90 Å². The van der Waals surface area contributed by atoms with E-state index in [4.69, 9.17) is 0 Å². The standard InChI is InChI=1S/C16H20N2O2/c1-10-11(2)17-15-6-5-12(8-14(10)15)16(20)18-7-3-4-13(19)9-18/h5-6,8,13,17,19H,3-4,7,9H2,1-2H3/t13-/m0/s1. The van der Waals surface area contributed by atoms with Gasteiger partial charge in [-0.05, 0) is 50.5 Å². The average Bonchev–Trinajstić information content (AvgIpc) is 2.73. The maximum absolute atomic E-state index is 12.5. The normalized spacial score (nSPS) is 19.6. The van der Waals surface area contributed by atoms with Gasteiger partial charge in [0.25, 0.3) is 5.91 Å². The molecule has 106 valence electrons. The van der Waals surface area contributed by atoms with Crippen LogP contribution in [-0.2, 0) is 0 Å². The summed E-state index contributed by atoms with van der Waals surface area (Å²) in [6.45, 7) is 5.28. The molecule has 1 fully saturated rings. The van der Waals surface area contributed by atoms with E-state index in [0.717, 1.165) is 36.0 Å². The van der Waals surface area contributed by atoms with Crippen LogP contribution in [0, 0.1) is 13.8 Å². The fourth-order valence-electron chi connectivity index (χ4n) is 2.92. The number of piperidine rings is 1. The number of nitrogens with zero attached hydrogens (tertiary/aromatic N) is 1. The summed E-state index contributed by atoms with van der Waals surface area (Å²) in [4.78, 5) is 17.6. The van der Waals surface area contributed by atoms with Crippen LogP contribution in [0.3, 0.4) is 0 Å². The van der Waals surface area contributed by atoms with Gasteiger partial charge in [0.15, 0.2) is 0 Å². The molecule has 1 amide bonds. The Kier molecular flexibility index (Phi) is 3.26. The Balaban J connectivity index is 1.93. The number of carbonyl (C=O) groups excluding carboxylic acids is 1. The first-order valence-electron chi connectivity index (χ1n) is 7.12. The predicted molar refractivity (Wildman–Crippen MR) is 78.9 cm³/mol. The third-order valence-electron chi connectivity index (χ3n) is 4.24. The molecule has 4 heteroatoms. The number of H-pyrrole nitrogens is 1. The van der Waals surface area contributed by atoms with E-state index in [1.807, 2.05) is 25.1 Å². The molecule has 4 nitrogen and oxygen atoms in total. The Morgan fingerprint density at radius 2 is 2.20 bits per heavy atom. The molecule has 0 aliphatic carbocycles. The van der Waals surface area contributed by atoms with Crippen LogP contribution in [0.4, 0.5) is 0 Å². The van der Waals surface area contributed by atoms with E-state index >= 15 is 0 Å². The highest BCUT2D eigenvalue weighted by Gasteiger charge is 2.23. The maximum atomic E-state index is 12.5. The predicted octanol–water partition coefficient (Wildman–Crippen LogP) is 2.38. The van der Waals surface area contributed by atoms with Crippen LogP contribution in [0.25, 0.3) is 10.9 Å². The number of β-amino-alcohol motifs (C(OH)–C–C–N with tert-alkyl or cyclic N) is 1. The lowest BCUT2D eigenvalue weighted by molar-refractivity contribution is 0.0474. The number of benzene rings is 1. The van der Waals surface area contributed by atoms with Gasteiger partial charge in [-0.15, -0.1) is 0 Å². The highest BCUT2D eigenvalue weighted by atomic mass is 16.3. The smallest absolute Gasteiger partial charge is 0.253 e. The Morgan fingerprint density at radius 3 is 2.95 bits per heavy atom. The lowest BCUT2D eigenvalue weighted by Crippen LogP contribution is -2.42. The SMILES string of the molecule is Cc1[nH]c2ccc(C(=O)N3CCC[C@H](O)C3)cc2c1C. The Bertz CT molecular complexity index is 660. The van der Waals surface area contributed by atoms with Gasteiger partial charge in [0, 0.05) is 35.2 Å². The van der Waals surface area contributed by atoms with Crippen molar-refractivity contribution in [3.8, 4) is 0 Å². The van der Waals surface area contributed by atoms with Crippen molar-refractivity contribution in [3.63, 3.8) is 0 Å². The molecular weight excluding hydrogens is 252 g/mol. The molecule has 1 aliphatic heterocycles. The highest BCUT2D eigenvalue weighted by Crippen LogP contribution is 2.23. The quantitative estimate of drug-likeness (QED) is 0.837. The second-order valence-corrected chi connectivity index (χ2v) is 5.68. The van der Waals surface area contributed by atoms with Crippen molar-refractivity contribution in [2.24, 2.45) is 0 Å². The summed E-state index contributed by atoms with van der Waals surface area (Å²) >= 11 is 0. The first-order valence-corrected chi connectivity index (χ1v) is 7.12. The first kappa shape index (κ1) is 13.2. The fourth-order valence-corrected chi connectivity index (χ4v) is 2.92. The second kappa shape index (κ2) is 4.94. The van der Waals surface area contributed by atoms with Crippen LogP contribution in [0.5, 0.6) is 0 Å². The zero-order valence-corrected chi connectivity index (χ0v) is 11.9. The van der Waals surface area contributed by atoms with Crippen LogP contribution in [0.1, 0.15) is 34.5 Å². The van der Waals surface area contributed by atoms with Crippen molar-refractivity contribution >= 4 is 16.8 Å². The summed E-state index contributed by atoms with van der Waals surface area (Å²) in [5.74, 6) is 0.0175. The molecule has 0 unspecified atom stereocenters. The van der Waals surface area contributed by atoms with Crippen LogP contribution < -0.4 is 0 Å². The largest absolute Gasteiger partial charge is 0.391 e. The van der Waals surface area contributed by atoms with E-state index in [9.17, 15) is 9.90 Å². The minimum Gasteiger partial charge on any atom is -0.391 e. The van der Waals surface area contributed by atoms with Gasteiger partial charge in [-0.25, -0.2) is 0 Å². The van der Waals surface area contributed by atoms with E-state index in [2.05, 4.69) is 11.9 Å². The zero-order valence-electron chi connectivity index (χ0n) is 11.9. The van der Waals surface area contributed by atoms with Gasteiger partial charge >= 0.3 is 0 Å². The molecule has 3 rings (SSSR count). The van der Waals surface area contributed by atoms with E-state index < -0.39 is 0 Å². The number of likely N-dealkylation sites (tertiary alicyclic amines) is 1. The number of aliphatic hydroxyl groups is 1. The number of hydrogen-bond acceptors (Lipinski definition) is 2. The Hall–Kier alpha value is -1.81. The molecule has 0 saturated carbocycles. The molecule has 1 aliphatic rings. The molecular formula is C16H20N2O2. The molecule has 2 heterocycles. The van der Waals surface area contributed by atoms with Crippen molar-refractivity contribution in [1.29, 1.82) is 0 Å². The van der Waals surface area contributed by atoms with E-state index in [-0.39, 0.29) is 12.0 Å². The van der Waals surface area contributed by atoms with Gasteiger partial charge in [0.05, 0.1) is 6.10 Å². The molecule has 1 aromatic carbocycles. The number of rotatable bonds is 1. The van der Waals surface area contributed by atoms with Gasteiger partial charge in [0.2, 0.25) is 0 Å². The Labute approximate surface area is 118 Å². The monoisotopic (exact) mass is 272 g/mol. The number of aliphatic hydroxyl groups excluding tert-OH is 1. The number of nitrogens with one attached hydrogen (secondary N) is 1. The molecule has 1 saturated heterocycles. The third-order valence-corrected chi connectivity index (χ3v) is 4.24. The lowest BCUT2D eigenvalue weighted by atomic mass is 10.0. The summed E-state index contributed by atoms with van der Waals surface area (Å²) in [7, 11) is 0. The average molecular weight is 272 g/mol. The summed E-state index contributed by atoms with van der Waals surface area (Å²) in [6, 6.07) is 5.78. The van der Waals surface area contributed by atoms with E-state index in [1.54, 1.807) is 4.90 Å². The molecule has 1 aromatic heterocycles. The summed E-state index contributed by atoms with van der Waals surface area (Å²) in [6.07, 6.45) is 1.28. The molecule has 2 N–H and O–H groups in total. The van der Waals surface area contributed by atoms with Crippen molar-refractivity contribution in [2.45, 2.75) is 32.8 Å². The topological polar surface area (TPSA) is 56.3 Å². The number of aromatic nitrogens is 1. The van der Waals surface area contributed by atoms with Gasteiger partial charge in [-0.3, -0.25) is 4.79 Å². The molecule has 0 bridgehead atoms. The van der Waals surface area contributed by atoms with Crippen LogP contribution in [-0.4, -0.2) is 40.1 Å². The van der Waals surface area contributed by atoms with Crippen molar-refractivity contribution in [2.75, 3.05) is 13.1 Å². The summed E-state index contributed by atoms with van der Waals surface area (Å²) in [5, 5.41) is 10.8. The van der Waals surface area contributed by atoms with E-state index in [0.29, 0.717) is 12.1 Å². The zero-order chi connectivity index (χ0) is 14.3. The minimum atomic E-state index is -0.382. The fraction of sp³-hybridized carbons (Fsp3) is 0.438. The highest BCUT2D eigenvalue weighted by molar-refractivity contribution is 5.99. The third kappa shape index (κ3) is 2.20. The van der Waals surface area contributed by atoms with Crippen LogP contribution >= 0.6 is 0 Å². The molecule has 0 spiro atoms. The van der Waals surface area contributed by atoms with E-state index in [1.165, 1.54) is 5.56 Å². The molecule has 2 aromatic rings. The summed E-state index contributed by atoms with van der Waals surface area (Å²) < 4.78 is 0. The van der Waals surface area contributed by atoms with Gasteiger partial charge in [0.1, 0.15) is 0 Å². The first-order chi connectivity index (χ1) is 9.56. The van der Waals surface area contributed by atoms with Crippen molar-refractivity contribution in [1.82, 2.24) is 9.88 Å². The number of hydrogen-bond donors (Lipinski definition) is 2. The van der Waals surface area contributed by atoms with Crippen molar-refractivity contribution in [3.05, 3.63) is 35.0 Å². The number of fused-ring (bicyclic) bond motifs is 1. The number of aryl methyl sites for hydroxylation is 2. The second-order valence-electron chi connectivity index (χ2n) is 5.68.